The molecule has 1 fully saturated rings. The molecule has 33 heavy (non-hydrogen) atoms. The molecule has 1 aliphatic heterocycles. The predicted octanol–water partition coefficient (Wildman–Crippen LogP) is 2.73. The number of ether oxygens (including phenoxy) is 1. The minimum absolute atomic E-state index is 0.0871. The second-order valence-corrected chi connectivity index (χ2v) is 11.8. The average molecular weight is 509 g/mol. The Kier molecular flexibility index (Phi) is 6.73. The van der Waals surface area contributed by atoms with Crippen LogP contribution in [0, 0.1) is 6.92 Å². The van der Waals surface area contributed by atoms with Crippen LogP contribution in [-0.2, 0) is 26.9 Å². The number of hydrogen-bond donors (Lipinski definition) is 1. The Morgan fingerprint density at radius 1 is 1.39 bits per heavy atom. The molecule has 1 saturated heterocycles. The largest absolute Gasteiger partial charge is 0.462 e. The van der Waals surface area contributed by atoms with Crippen molar-refractivity contribution in [2.45, 2.75) is 43.6 Å². The van der Waals surface area contributed by atoms with Crippen LogP contribution in [-0.4, -0.2) is 57.2 Å². The summed E-state index contributed by atoms with van der Waals surface area (Å²) in [5.74, 6) is 1.53. The average Bonchev–Trinajstić information content (AvgIpc) is 3.42. The van der Waals surface area contributed by atoms with Gasteiger partial charge in [0.2, 0.25) is 0 Å². The molecule has 10 nitrogen and oxygen atoms in total. The first-order valence-corrected chi connectivity index (χ1v) is 14.0. The highest BCUT2D eigenvalue weighted by atomic mass is 32.2. The van der Waals surface area contributed by atoms with E-state index in [4.69, 9.17) is 10.5 Å². The van der Waals surface area contributed by atoms with Gasteiger partial charge in [-0.15, -0.1) is 28.1 Å². The van der Waals surface area contributed by atoms with E-state index in [1.807, 2.05) is 11.5 Å². The van der Waals surface area contributed by atoms with E-state index in [-0.39, 0.29) is 24.0 Å². The molecule has 1 aliphatic rings. The smallest absolute Gasteiger partial charge is 0.348 e. The normalized spacial score (nSPS) is 17.5. The zero-order valence-electron chi connectivity index (χ0n) is 18.3. The van der Waals surface area contributed by atoms with Crippen LogP contribution >= 0.6 is 23.1 Å². The number of hydrogen-bond acceptors (Lipinski definition) is 11. The number of thioether (sulfide) groups is 1. The third kappa shape index (κ3) is 4.75. The van der Waals surface area contributed by atoms with Crippen molar-refractivity contribution in [3.8, 4) is 0 Å². The quantitative estimate of drug-likeness (QED) is 0.274. The number of esters is 1. The zero-order chi connectivity index (χ0) is 23.8. The summed E-state index contributed by atoms with van der Waals surface area (Å²) in [5, 5.41) is 9.85. The molecule has 0 amide bonds. The molecule has 2 N–H and O–H groups in total. The van der Waals surface area contributed by atoms with Gasteiger partial charge in [-0.3, -0.25) is 0 Å². The summed E-state index contributed by atoms with van der Waals surface area (Å²) in [4.78, 5) is 22.3. The maximum absolute atomic E-state index is 12.2. The summed E-state index contributed by atoms with van der Waals surface area (Å²) in [6, 6.07) is 0. The number of allylic oxidation sites excluding steroid dienone is 1. The number of sulfone groups is 1. The topological polar surface area (TPSA) is 143 Å². The molecule has 176 valence electrons. The molecular formula is C20H24N6O4S3. The first kappa shape index (κ1) is 23.6. The number of rotatable bonds is 8. The van der Waals surface area contributed by atoms with Gasteiger partial charge in [0.05, 0.1) is 29.3 Å². The van der Waals surface area contributed by atoms with E-state index in [0.717, 1.165) is 0 Å². The van der Waals surface area contributed by atoms with E-state index in [0.29, 0.717) is 62.0 Å². The van der Waals surface area contributed by atoms with E-state index >= 15 is 0 Å². The highest BCUT2D eigenvalue weighted by Gasteiger charge is 2.33. The summed E-state index contributed by atoms with van der Waals surface area (Å²) in [6.07, 6.45) is 2.27. The van der Waals surface area contributed by atoms with Crippen LogP contribution < -0.4 is 5.73 Å². The molecule has 0 aromatic carbocycles. The Bertz CT molecular complexity index is 1330. The first-order chi connectivity index (χ1) is 15.7. The molecule has 1 atom stereocenters. The lowest BCUT2D eigenvalue weighted by Crippen LogP contribution is -2.11. The number of aromatic nitrogens is 5. The maximum Gasteiger partial charge on any atom is 0.348 e. The van der Waals surface area contributed by atoms with Gasteiger partial charge < -0.3 is 15.0 Å². The summed E-state index contributed by atoms with van der Waals surface area (Å²) < 4.78 is 30.8. The molecule has 13 heteroatoms. The minimum atomic E-state index is -3.04. The van der Waals surface area contributed by atoms with E-state index in [1.165, 1.54) is 23.1 Å². The molecule has 0 spiro atoms. The lowest BCUT2D eigenvalue weighted by molar-refractivity contribution is 0.0531. The fraction of sp³-hybridized carbons (Fsp3) is 0.450. The van der Waals surface area contributed by atoms with Crippen LogP contribution in [0.25, 0.3) is 10.2 Å². The number of aryl methyl sites for hydroxylation is 1. The molecule has 0 radical (unpaired) electrons. The molecule has 4 heterocycles. The number of carbonyl (C=O) groups excluding carboxylic acids is 1. The van der Waals surface area contributed by atoms with Gasteiger partial charge in [-0.2, -0.15) is 0 Å². The second kappa shape index (κ2) is 9.39. The summed E-state index contributed by atoms with van der Waals surface area (Å²) in [6.45, 7) is 8.11. The van der Waals surface area contributed by atoms with Crippen molar-refractivity contribution in [1.29, 1.82) is 0 Å². The minimum Gasteiger partial charge on any atom is -0.462 e. The van der Waals surface area contributed by atoms with Crippen LogP contribution in [0.15, 0.2) is 17.8 Å². The van der Waals surface area contributed by atoms with Crippen molar-refractivity contribution >= 4 is 54.9 Å². The second-order valence-electron chi connectivity index (χ2n) is 7.61. The molecule has 0 bridgehead atoms. The van der Waals surface area contributed by atoms with Crippen LogP contribution in [0.5, 0.6) is 0 Å². The van der Waals surface area contributed by atoms with Gasteiger partial charge in [-0.1, -0.05) is 17.8 Å². The number of nitrogens with two attached hydrogens (primary N) is 1. The number of nitrogens with zero attached hydrogens (tertiary/aromatic N) is 5. The van der Waals surface area contributed by atoms with Crippen molar-refractivity contribution in [2.24, 2.45) is 0 Å². The lowest BCUT2D eigenvalue weighted by atomic mass is 10.1. The van der Waals surface area contributed by atoms with Crippen molar-refractivity contribution in [1.82, 2.24) is 24.7 Å². The third-order valence-electron chi connectivity index (χ3n) is 5.31. The Labute approximate surface area is 199 Å². The van der Waals surface area contributed by atoms with Gasteiger partial charge in [0.25, 0.3) is 0 Å². The predicted molar refractivity (Wildman–Crippen MR) is 128 cm³/mol. The molecular weight excluding hydrogens is 484 g/mol. The monoisotopic (exact) mass is 508 g/mol. The lowest BCUT2D eigenvalue weighted by Gasteiger charge is -2.11. The summed E-state index contributed by atoms with van der Waals surface area (Å²) in [7, 11) is -3.04. The SMILES string of the molecule is C=CCn1c(SCc2nc(N)c3c(C)c(C(=O)OCC)sc3n2)nnc1[C@H]1CCS(=O)(=O)C1. The molecule has 3 aromatic rings. The van der Waals surface area contributed by atoms with Crippen LogP contribution in [0.3, 0.4) is 0 Å². The fourth-order valence-electron chi connectivity index (χ4n) is 3.81. The number of anilines is 1. The van der Waals surface area contributed by atoms with E-state index in [1.54, 1.807) is 13.0 Å². The summed E-state index contributed by atoms with van der Waals surface area (Å²) in [5.41, 5.74) is 6.91. The number of thiophene rings is 1. The Hall–Kier alpha value is -2.51. The molecule has 4 rings (SSSR count). The summed E-state index contributed by atoms with van der Waals surface area (Å²) >= 11 is 2.62. The molecule has 0 unspecified atom stereocenters. The Morgan fingerprint density at radius 2 is 2.18 bits per heavy atom. The van der Waals surface area contributed by atoms with Gasteiger partial charge in [0, 0.05) is 12.5 Å². The molecule has 0 aliphatic carbocycles. The Morgan fingerprint density at radius 3 is 2.85 bits per heavy atom. The highest BCUT2D eigenvalue weighted by molar-refractivity contribution is 7.98. The number of fused-ring (bicyclic) bond motifs is 1. The number of nitrogen functional groups attached to an aromatic ring is 1. The van der Waals surface area contributed by atoms with Gasteiger partial charge in [-0.25, -0.2) is 23.2 Å². The van der Waals surface area contributed by atoms with E-state index < -0.39 is 15.8 Å². The zero-order valence-corrected chi connectivity index (χ0v) is 20.7. The fourth-order valence-corrected chi connectivity index (χ4v) is 7.46. The van der Waals surface area contributed by atoms with Crippen molar-refractivity contribution in [3.05, 3.63) is 34.7 Å². The van der Waals surface area contributed by atoms with Gasteiger partial charge in [-0.05, 0) is 25.8 Å². The number of carbonyl (C=O) groups is 1. The standard InChI is InChI=1S/C20H24N6O4S3/c1-4-7-26-17(12-6-8-33(28,29)10-12)24-25-20(26)31-9-13-22-16(21)14-11(3)15(19(27)30-5-2)32-18(14)23-13/h4,12H,1,5-10H2,2-3H3,(H2,21,22,23)/t12-/m0/s1. The van der Waals surface area contributed by atoms with E-state index in [9.17, 15) is 13.2 Å². The van der Waals surface area contributed by atoms with Gasteiger partial charge in [0.15, 0.2) is 15.0 Å². The molecule has 3 aromatic heterocycles. The van der Waals surface area contributed by atoms with Crippen molar-refractivity contribution in [2.75, 3.05) is 23.8 Å². The Balaban J connectivity index is 1.58. The molecule has 0 saturated carbocycles. The van der Waals surface area contributed by atoms with Gasteiger partial charge >= 0.3 is 5.97 Å². The third-order valence-corrected chi connectivity index (χ3v) is 9.21. The first-order valence-electron chi connectivity index (χ1n) is 10.3. The van der Waals surface area contributed by atoms with Crippen LogP contribution in [0.1, 0.15) is 46.1 Å². The van der Waals surface area contributed by atoms with E-state index in [2.05, 4.69) is 26.7 Å². The van der Waals surface area contributed by atoms with Crippen molar-refractivity contribution in [3.63, 3.8) is 0 Å². The van der Waals surface area contributed by atoms with Crippen LogP contribution in [0.2, 0.25) is 0 Å². The maximum atomic E-state index is 12.2. The van der Waals surface area contributed by atoms with Gasteiger partial charge in [0.1, 0.15) is 27.2 Å². The van der Waals surface area contributed by atoms with Crippen LogP contribution in [0.4, 0.5) is 5.82 Å². The van der Waals surface area contributed by atoms with Crippen molar-refractivity contribution < 1.29 is 17.9 Å². The highest BCUT2D eigenvalue weighted by Crippen LogP contribution is 2.35.